The molecule has 1 atom stereocenters. The molecule has 0 radical (unpaired) electrons. The number of urea groups is 1. The van der Waals surface area contributed by atoms with E-state index in [1.165, 1.54) is 30.3 Å². The summed E-state index contributed by atoms with van der Waals surface area (Å²) in [6, 6.07) is 9.74. The Morgan fingerprint density at radius 2 is 2.00 bits per heavy atom. The molecule has 32 heavy (non-hydrogen) atoms. The molecule has 0 saturated carbocycles. The molecular weight excluding hydrogens is 442 g/mol. The van der Waals surface area contributed by atoms with E-state index in [4.69, 9.17) is 21.1 Å². The average Bonchev–Trinajstić information content (AvgIpc) is 3.23. The summed E-state index contributed by atoms with van der Waals surface area (Å²) < 4.78 is 39.3. The molecule has 3 aromatic rings. The number of rotatable bonds is 6. The Morgan fingerprint density at radius 1 is 1.22 bits per heavy atom. The predicted octanol–water partition coefficient (Wildman–Crippen LogP) is 4.17. The van der Waals surface area contributed by atoms with Crippen LogP contribution in [0.25, 0.3) is 0 Å². The maximum Gasteiger partial charge on any atom is 0.322 e. The van der Waals surface area contributed by atoms with Crippen molar-refractivity contribution in [1.82, 2.24) is 14.7 Å². The quantitative estimate of drug-likeness (QED) is 0.597. The SMILES string of the molecule is O=C(Nc1cnn(Cc2ccc(F)cc2)c1)N1CCOC(COc2cc(F)ccc2Cl)C1. The predicted molar refractivity (Wildman–Crippen MR) is 115 cm³/mol. The van der Waals surface area contributed by atoms with Crippen molar-refractivity contribution in [3.8, 4) is 5.75 Å². The second kappa shape index (κ2) is 9.97. The summed E-state index contributed by atoms with van der Waals surface area (Å²) in [4.78, 5) is 14.3. The number of anilines is 1. The van der Waals surface area contributed by atoms with Gasteiger partial charge in [0.1, 0.15) is 30.1 Å². The lowest BCUT2D eigenvalue weighted by Gasteiger charge is -2.32. The van der Waals surface area contributed by atoms with Crippen LogP contribution < -0.4 is 10.1 Å². The van der Waals surface area contributed by atoms with Gasteiger partial charge in [0.15, 0.2) is 0 Å². The van der Waals surface area contributed by atoms with Crippen LogP contribution in [0, 0.1) is 11.6 Å². The Labute approximate surface area is 188 Å². The van der Waals surface area contributed by atoms with Gasteiger partial charge in [0.2, 0.25) is 0 Å². The summed E-state index contributed by atoms with van der Waals surface area (Å²) in [5.41, 5.74) is 1.43. The van der Waals surface area contributed by atoms with E-state index in [1.54, 1.807) is 34.1 Å². The first-order chi connectivity index (χ1) is 15.5. The van der Waals surface area contributed by atoms with Gasteiger partial charge in [0.05, 0.1) is 36.6 Å². The van der Waals surface area contributed by atoms with Crippen LogP contribution in [0.1, 0.15) is 5.56 Å². The fourth-order valence-corrected chi connectivity index (χ4v) is 3.44. The van der Waals surface area contributed by atoms with Crippen LogP contribution in [0.5, 0.6) is 5.75 Å². The van der Waals surface area contributed by atoms with Crippen LogP contribution in [0.4, 0.5) is 19.3 Å². The monoisotopic (exact) mass is 462 g/mol. The zero-order valence-electron chi connectivity index (χ0n) is 17.0. The molecule has 2 aromatic carbocycles. The summed E-state index contributed by atoms with van der Waals surface area (Å²) in [5.74, 6) is -0.518. The Kier molecular flexibility index (Phi) is 6.87. The van der Waals surface area contributed by atoms with Gasteiger partial charge in [0, 0.05) is 18.8 Å². The molecule has 2 amide bonds. The van der Waals surface area contributed by atoms with Crippen molar-refractivity contribution >= 4 is 23.3 Å². The summed E-state index contributed by atoms with van der Waals surface area (Å²) >= 11 is 6.01. The van der Waals surface area contributed by atoms with Crippen LogP contribution in [0.15, 0.2) is 54.9 Å². The normalized spacial score (nSPS) is 16.1. The molecule has 1 aliphatic rings. The maximum atomic E-state index is 13.4. The lowest BCUT2D eigenvalue weighted by Crippen LogP contribution is -2.49. The largest absolute Gasteiger partial charge is 0.489 e. The Morgan fingerprint density at radius 3 is 2.81 bits per heavy atom. The molecule has 1 aromatic heterocycles. The topological polar surface area (TPSA) is 68.6 Å². The molecule has 4 rings (SSSR count). The Bertz CT molecular complexity index is 1080. The van der Waals surface area contributed by atoms with E-state index < -0.39 is 5.82 Å². The number of morpholine rings is 1. The first-order valence-corrected chi connectivity index (χ1v) is 10.4. The van der Waals surface area contributed by atoms with Gasteiger partial charge in [0.25, 0.3) is 0 Å². The van der Waals surface area contributed by atoms with Gasteiger partial charge in [-0.3, -0.25) is 4.68 Å². The van der Waals surface area contributed by atoms with Gasteiger partial charge in [-0.1, -0.05) is 23.7 Å². The van der Waals surface area contributed by atoms with E-state index in [-0.39, 0.29) is 30.3 Å². The summed E-state index contributed by atoms with van der Waals surface area (Å²) in [7, 11) is 0. The number of aromatic nitrogens is 2. The van der Waals surface area contributed by atoms with Crippen molar-refractivity contribution in [3.63, 3.8) is 0 Å². The molecular formula is C22H21ClF2N4O3. The third-order valence-electron chi connectivity index (χ3n) is 4.89. The zero-order chi connectivity index (χ0) is 22.5. The minimum Gasteiger partial charge on any atom is -0.489 e. The first kappa shape index (κ1) is 22.0. The minimum absolute atomic E-state index is 0.128. The number of benzene rings is 2. The number of nitrogens with one attached hydrogen (secondary N) is 1. The number of ether oxygens (including phenoxy) is 2. The molecule has 1 saturated heterocycles. The van der Waals surface area contributed by atoms with Gasteiger partial charge in [-0.25, -0.2) is 13.6 Å². The standard InChI is InChI=1S/C22H21ClF2N4O3/c23-20-6-5-17(25)9-21(20)32-14-19-13-28(7-8-31-19)22(30)27-18-10-26-29(12-18)11-15-1-3-16(24)4-2-15/h1-6,9-10,12,19H,7-8,11,13-14H2,(H,27,30). The molecule has 10 heteroatoms. The lowest BCUT2D eigenvalue weighted by atomic mass is 10.2. The molecule has 0 aliphatic carbocycles. The van der Waals surface area contributed by atoms with Crippen LogP contribution in [0.3, 0.4) is 0 Å². The van der Waals surface area contributed by atoms with Gasteiger partial charge in [-0.15, -0.1) is 0 Å². The maximum absolute atomic E-state index is 13.4. The van der Waals surface area contributed by atoms with E-state index in [1.807, 2.05) is 0 Å². The molecule has 1 fully saturated rings. The summed E-state index contributed by atoms with van der Waals surface area (Å²) in [6.45, 7) is 1.66. The summed E-state index contributed by atoms with van der Waals surface area (Å²) in [6.07, 6.45) is 2.87. The van der Waals surface area contributed by atoms with Gasteiger partial charge in [-0.05, 0) is 29.8 Å². The van der Waals surface area contributed by atoms with E-state index in [9.17, 15) is 13.6 Å². The number of hydrogen-bond donors (Lipinski definition) is 1. The van der Waals surface area contributed by atoms with E-state index in [0.717, 1.165) is 5.56 Å². The Hall–Kier alpha value is -3.17. The van der Waals surface area contributed by atoms with Crippen molar-refractivity contribution in [2.75, 3.05) is 31.6 Å². The van der Waals surface area contributed by atoms with Crippen LogP contribution >= 0.6 is 11.6 Å². The highest BCUT2D eigenvalue weighted by molar-refractivity contribution is 6.32. The number of halogens is 3. The van der Waals surface area contributed by atoms with E-state index in [2.05, 4.69) is 10.4 Å². The van der Waals surface area contributed by atoms with Crippen LogP contribution in [0.2, 0.25) is 5.02 Å². The lowest BCUT2D eigenvalue weighted by molar-refractivity contribution is -0.0337. The molecule has 168 valence electrons. The molecule has 7 nitrogen and oxygen atoms in total. The first-order valence-electron chi connectivity index (χ1n) is 9.98. The summed E-state index contributed by atoms with van der Waals surface area (Å²) in [5, 5.41) is 7.34. The van der Waals surface area contributed by atoms with Crippen LogP contribution in [-0.2, 0) is 11.3 Å². The third kappa shape index (κ3) is 5.74. The van der Waals surface area contributed by atoms with E-state index in [0.29, 0.717) is 37.0 Å². The molecule has 1 aliphatic heterocycles. The molecule has 2 heterocycles. The van der Waals surface area contributed by atoms with Crippen LogP contribution in [-0.4, -0.2) is 53.1 Å². The van der Waals surface area contributed by atoms with E-state index >= 15 is 0 Å². The second-order valence-corrected chi connectivity index (χ2v) is 7.71. The highest BCUT2D eigenvalue weighted by Crippen LogP contribution is 2.25. The molecule has 0 bridgehead atoms. The van der Waals surface area contributed by atoms with Gasteiger partial charge < -0.3 is 19.7 Å². The highest BCUT2D eigenvalue weighted by atomic mass is 35.5. The zero-order valence-corrected chi connectivity index (χ0v) is 17.8. The number of carbonyl (C=O) groups excluding carboxylic acids is 1. The van der Waals surface area contributed by atoms with Gasteiger partial charge >= 0.3 is 6.03 Å². The minimum atomic E-state index is -0.449. The van der Waals surface area contributed by atoms with Crippen molar-refractivity contribution in [3.05, 3.63) is 77.1 Å². The fourth-order valence-electron chi connectivity index (χ4n) is 3.27. The molecule has 1 N–H and O–H groups in total. The van der Waals surface area contributed by atoms with Crippen molar-refractivity contribution < 1.29 is 23.0 Å². The number of nitrogens with zero attached hydrogens (tertiary/aromatic N) is 3. The van der Waals surface area contributed by atoms with Crippen molar-refractivity contribution in [2.45, 2.75) is 12.6 Å². The smallest absolute Gasteiger partial charge is 0.322 e. The van der Waals surface area contributed by atoms with Crippen molar-refractivity contribution in [1.29, 1.82) is 0 Å². The number of carbonyl (C=O) groups is 1. The highest BCUT2D eigenvalue weighted by Gasteiger charge is 2.25. The van der Waals surface area contributed by atoms with Gasteiger partial charge in [-0.2, -0.15) is 5.10 Å². The Balaban J connectivity index is 1.29. The average molecular weight is 463 g/mol. The number of amides is 2. The number of hydrogen-bond acceptors (Lipinski definition) is 4. The second-order valence-electron chi connectivity index (χ2n) is 7.31. The fraction of sp³-hybridized carbons (Fsp3) is 0.273. The molecule has 0 spiro atoms. The van der Waals surface area contributed by atoms with Crippen molar-refractivity contribution in [2.24, 2.45) is 0 Å². The molecule has 1 unspecified atom stereocenters. The third-order valence-corrected chi connectivity index (χ3v) is 5.20.